The molecular weight excluding hydrogens is 545 g/mol. The average molecular weight is 582 g/mol. The first-order valence-corrected chi connectivity index (χ1v) is 15.2. The monoisotopic (exact) mass is 581 g/mol. The Hall–Kier alpha value is -3.92. The average Bonchev–Trinajstić information content (AvgIpc) is 2.99. The zero-order valence-electron chi connectivity index (χ0n) is 23.3. The number of hydrogen-bond donors (Lipinski definition) is 1. The fourth-order valence-electron chi connectivity index (χ4n) is 4.97. The number of methoxy groups -OCH3 is 1. The molecule has 2 amide bonds. The molecule has 1 N–H and O–H groups in total. The Morgan fingerprint density at radius 2 is 1.66 bits per heavy atom. The van der Waals surface area contributed by atoms with Gasteiger partial charge in [0.1, 0.15) is 24.2 Å². The molecule has 3 aromatic rings. The van der Waals surface area contributed by atoms with E-state index < -0.39 is 34.3 Å². The summed E-state index contributed by atoms with van der Waals surface area (Å²) in [5.74, 6) is -0.825. The van der Waals surface area contributed by atoms with Gasteiger partial charge in [0.2, 0.25) is 11.8 Å². The van der Waals surface area contributed by atoms with E-state index in [1.165, 1.54) is 36.3 Å². The van der Waals surface area contributed by atoms with Crippen LogP contribution >= 0.6 is 0 Å². The van der Waals surface area contributed by atoms with Gasteiger partial charge in [-0.2, -0.15) is 0 Å². The highest BCUT2D eigenvalue weighted by atomic mass is 32.2. The number of sulfonamides is 1. The van der Waals surface area contributed by atoms with Crippen LogP contribution in [0.15, 0.2) is 83.8 Å². The standard InChI is InChI=1S/C31H36FN3O5S/c1-23(31(37)33-26-11-5-3-6-12-26)34(21-24-10-9-13-28(20-24)40-2)30(36)22-35(27-18-16-25(32)17-19-27)41(38,39)29-14-7-4-8-15-29/h4,7-10,13-20,23,26H,3,5-6,11-12,21-22H2,1-2H3,(H,33,37)/t23-/m0/s1. The number of carbonyl (C=O) groups excluding carboxylic acids is 2. The minimum atomic E-state index is -4.20. The Balaban J connectivity index is 1.67. The van der Waals surface area contributed by atoms with Crippen LogP contribution in [0.2, 0.25) is 0 Å². The number of ether oxygens (including phenoxy) is 1. The third-order valence-corrected chi connectivity index (χ3v) is 9.12. The molecular formula is C31H36FN3O5S. The van der Waals surface area contributed by atoms with E-state index in [-0.39, 0.29) is 29.1 Å². The molecule has 0 aliphatic heterocycles. The molecule has 218 valence electrons. The fourth-order valence-corrected chi connectivity index (χ4v) is 6.41. The van der Waals surface area contributed by atoms with Crippen LogP contribution in [0.25, 0.3) is 0 Å². The molecule has 0 aromatic heterocycles. The van der Waals surface area contributed by atoms with Gasteiger partial charge in [-0.25, -0.2) is 12.8 Å². The van der Waals surface area contributed by atoms with Gasteiger partial charge in [-0.1, -0.05) is 49.6 Å². The summed E-state index contributed by atoms with van der Waals surface area (Å²) < 4.78 is 47.5. The summed E-state index contributed by atoms with van der Waals surface area (Å²) in [6.07, 6.45) is 4.98. The minimum absolute atomic E-state index is 0.0143. The molecule has 1 fully saturated rings. The number of nitrogens with zero attached hydrogens (tertiary/aromatic N) is 2. The smallest absolute Gasteiger partial charge is 0.264 e. The molecule has 0 spiro atoms. The van der Waals surface area contributed by atoms with Gasteiger partial charge in [0, 0.05) is 12.6 Å². The zero-order chi connectivity index (χ0) is 29.4. The number of amides is 2. The third kappa shape index (κ3) is 7.64. The van der Waals surface area contributed by atoms with E-state index in [4.69, 9.17) is 4.74 Å². The normalized spacial score (nSPS) is 14.6. The summed E-state index contributed by atoms with van der Waals surface area (Å²) >= 11 is 0. The van der Waals surface area contributed by atoms with Gasteiger partial charge in [0.15, 0.2) is 0 Å². The van der Waals surface area contributed by atoms with Crippen molar-refractivity contribution in [1.82, 2.24) is 10.2 Å². The molecule has 8 nitrogen and oxygen atoms in total. The maximum Gasteiger partial charge on any atom is 0.264 e. The highest BCUT2D eigenvalue weighted by Crippen LogP contribution is 2.25. The molecule has 0 heterocycles. The van der Waals surface area contributed by atoms with E-state index in [1.807, 2.05) is 6.07 Å². The fraction of sp³-hybridized carbons (Fsp3) is 0.355. The first kappa shape index (κ1) is 30.0. The Morgan fingerprint density at radius 1 is 0.976 bits per heavy atom. The number of rotatable bonds is 11. The maximum atomic E-state index is 14.0. The summed E-state index contributed by atoms with van der Waals surface area (Å²) in [4.78, 5) is 28.7. The maximum absolute atomic E-state index is 14.0. The molecule has 10 heteroatoms. The molecule has 1 aliphatic rings. The second kappa shape index (κ2) is 13.6. The van der Waals surface area contributed by atoms with Crippen LogP contribution < -0.4 is 14.4 Å². The second-order valence-corrected chi connectivity index (χ2v) is 12.1. The van der Waals surface area contributed by atoms with Crippen molar-refractivity contribution in [3.8, 4) is 5.75 Å². The van der Waals surface area contributed by atoms with Crippen molar-refractivity contribution in [2.45, 2.75) is 62.6 Å². The number of halogens is 1. The number of hydrogen-bond acceptors (Lipinski definition) is 5. The molecule has 1 saturated carbocycles. The summed E-state index contributed by atoms with van der Waals surface area (Å²) in [7, 11) is -2.67. The summed E-state index contributed by atoms with van der Waals surface area (Å²) in [5, 5.41) is 3.08. The van der Waals surface area contributed by atoms with Gasteiger partial charge < -0.3 is 15.0 Å². The van der Waals surface area contributed by atoms with Crippen LogP contribution in [0, 0.1) is 5.82 Å². The predicted molar refractivity (Wildman–Crippen MR) is 155 cm³/mol. The van der Waals surface area contributed by atoms with Crippen LogP contribution in [0.4, 0.5) is 10.1 Å². The quantitative estimate of drug-likeness (QED) is 0.348. The van der Waals surface area contributed by atoms with Crippen molar-refractivity contribution in [2.24, 2.45) is 0 Å². The van der Waals surface area contributed by atoms with Gasteiger partial charge in [-0.15, -0.1) is 0 Å². The SMILES string of the molecule is COc1cccc(CN(C(=O)CN(c2ccc(F)cc2)S(=O)(=O)c2ccccc2)[C@@H](C)C(=O)NC2CCCCC2)c1. The van der Waals surface area contributed by atoms with E-state index in [0.29, 0.717) is 11.3 Å². The lowest BCUT2D eigenvalue weighted by molar-refractivity contribution is -0.139. The molecule has 1 aliphatic carbocycles. The Morgan fingerprint density at radius 3 is 2.32 bits per heavy atom. The van der Waals surface area contributed by atoms with E-state index in [2.05, 4.69) is 5.32 Å². The molecule has 41 heavy (non-hydrogen) atoms. The van der Waals surface area contributed by atoms with Gasteiger partial charge in [-0.3, -0.25) is 13.9 Å². The Labute approximate surface area is 241 Å². The van der Waals surface area contributed by atoms with Crippen molar-refractivity contribution in [2.75, 3.05) is 18.0 Å². The van der Waals surface area contributed by atoms with Crippen LogP contribution in [-0.4, -0.2) is 50.9 Å². The Bertz CT molecular complexity index is 1430. The third-order valence-electron chi connectivity index (χ3n) is 7.33. The van der Waals surface area contributed by atoms with E-state index >= 15 is 0 Å². The second-order valence-electron chi connectivity index (χ2n) is 10.2. The topological polar surface area (TPSA) is 96.0 Å². The first-order chi connectivity index (χ1) is 19.7. The van der Waals surface area contributed by atoms with Crippen LogP contribution in [0.1, 0.15) is 44.6 Å². The largest absolute Gasteiger partial charge is 0.497 e. The molecule has 1 atom stereocenters. The van der Waals surface area contributed by atoms with Gasteiger partial charge in [-0.05, 0) is 73.9 Å². The van der Waals surface area contributed by atoms with Crippen molar-refractivity contribution in [3.05, 3.63) is 90.2 Å². The molecule has 3 aromatic carbocycles. The molecule has 0 unspecified atom stereocenters. The van der Waals surface area contributed by atoms with Gasteiger partial charge in [0.25, 0.3) is 10.0 Å². The molecule has 0 radical (unpaired) electrons. The number of nitrogens with one attached hydrogen (secondary N) is 1. The lowest BCUT2D eigenvalue weighted by atomic mass is 9.95. The van der Waals surface area contributed by atoms with Gasteiger partial charge >= 0.3 is 0 Å². The van der Waals surface area contributed by atoms with Crippen LogP contribution in [0.3, 0.4) is 0 Å². The highest BCUT2D eigenvalue weighted by molar-refractivity contribution is 7.92. The zero-order valence-corrected chi connectivity index (χ0v) is 24.1. The van der Waals surface area contributed by atoms with Crippen LogP contribution in [-0.2, 0) is 26.2 Å². The van der Waals surface area contributed by atoms with Crippen molar-refractivity contribution >= 4 is 27.5 Å². The summed E-state index contributed by atoms with van der Waals surface area (Å²) in [6, 6.07) is 18.9. The summed E-state index contributed by atoms with van der Waals surface area (Å²) in [6.45, 7) is 1.11. The van der Waals surface area contributed by atoms with Crippen molar-refractivity contribution in [3.63, 3.8) is 0 Å². The van der Waals surface area contributed by atoms with Crippen LogP contribution in [0.5, 0.6) is 5.75 Å². The number of carbonyl (C=O) groups is 2. The lowest BCUT2D eigenvalue weighted by Crippen LogP contribution is -2.53. The summed E-state index contributed by atoms with van der Waals surface area (Å²) in [5.41, 5.74) is 0.846. The van der Waals surface area contributed by atoms with Gasteiger partial charge in [0.05, 0.1) is 17.7 Å². The van der Waals surface area contributed by atoms with E-state index in [0.717, 1.165) is 48.5 Å². The van der Waals surface area contributed by atoms with E-state index in [9.17, 15) is 22.4 Å². The van der Waals surface area contributed by atoms with E-state index in [1.54, 1.807) is 43.3 Å². The molecule has 0 bridgehead atoms. The lowest BCUT2D eigenvalue weighted by Gasteiger charge is -2.33. The Kier molecular flexibility index (Phi) is 9.99. The molecule has 4 rings (SSSR count). The number of anilines is 1. The number of benzene rings is 3. The molecule has 0 saturated heterocycles. The first-order valence-electron chi connectivity index (χ1n) is 13.7. The predicted octanol–water partition coefficient (Wildman–Crippen LogP) is 4.90. The minimum Gasteiger partial charge on any atom is -0.497 e. The van der Waals surface area contributed by atoms with Crippen molar-refractivity contribution < 1.29 is 27.1 Å². The highest BCUT2D eigenvalue weighted by Gasteiger charge is 2.33. The van der Waals surface area contributed by atoms with Crippen molar-refractivity contribution in [1.29, 1.82) is 0 Å².